The smallest absolute Gasteiger partial charge is 0.323 e. The Labute approximate surface area is 89.9 Å². The van der Waals surface area contributed by atoms with Crippen molar-refractivity contribution in [2.24, 2.45) is 0 Å². The minimum atomic E-state index is -0.988. The lowest BCUT2D eigenvalue weighted by molar-refractivity contribution is -0.138. The summed E-state index contributed by atoms with van der Waals surface area (Å²) < 4.78 is 1.40. The van der Waals surface area contributed by atoms with Crippen LogP contribution in [0.3, 0.4) is 0 Å². The molecule has 7 heteroatoms. The average molecular weight is 230 g/mol. The van der Waals surface area contributed by atoms with Crippen LogP contribution in [-0.2, 0) is 16.1 Å². The SMILES string of the molecule is CC(Sc1nccn1CC(=O)O)C(=O)O. The zero-order chi connectivity index (χ0) is 11.4. The summed E-state index contributed by atoms with van der Waals surface area (Å²) in [5.74, 6) is -1.94. The minimum Gasteiger partial charge on any atom is -0.480 e. The average Bonchev–Trinajstić information content (AvgIpc) is 2.51. The Bertz CT molecular complexity index is 376. The van der Waals surface area contributed by atoms with Crippen molar-refractivity contribution in [3.8, 4) is 0 Å². The summed E-state index contributed by atoms with van der Waals surface area (Å²) in [6, 6.07) is 0. The lowest BCUT2D eigenvalue weighted by atomic mass is 10.5. The van der Waals surface area contributed by atoms with E-state index in [1.165, 1.54) is 23.9 Å². The van der Waals surface area contributed by atoms with Gasteiger partial charge in [-0.2, -0.15) is 0 Å². The first-order valence-electron chi connectivity index (χ1n) is 4.13. The lowest BCUT2D eigenvalue weighted by Crippen LogP contribution is -2.14. The summed E-state index contributed by atoms with van der Waals surface area (Å²) in [4.78, 5) is 24.9. The molecule has 0 saturated heterocycles. The van der Waals surface area contributed by atoms with Crippen LogP contribution < -0.4 is 0 Å². The summed E-state index contributed by atoms with van der Waals surface area (Å²) in [6.07, 6.45) is 2.95. The van der Waals surface area contributed by atoms with Gasteiger partial charge in [0, 0.05) is 12.4 Å². The maximum Gasteiger partial charge on any atom is 0.323 e. The molecule has 0 aliphatic heterocycles. The molecule has 0 spiro atoms. The van der Waals surface area contributed by atoms with Gasteiger partial charge in [-0.15, -0.1) is 0 Å². The number of carboxylic acid groups (broad SMARTS) is 2. The van der Waals surface area contributed by atoms with E-state index in [1.807, 2.05) is 0 Å². The Balaban J connectivity index is 2.72. The number of thioether (sulfide) groups is 1. The van der Waals surface area contributed by atoms with Gasteiger partial charge >= 0.3 is 11.9 Å². The van der Waals surface area contributed by atoms with Crippen LogP contribution in [0.4, 0.5) is 0 Å². The van der Waals surface area contributed by atoms with Crippen molar-refractivity contribution in [3.05, 3.63) is 12.4 Å². The quantitative estimate of drug-likeness (QED) is 0.717. The molecule has 1 heterocycles. The molecule has 6 nitrogen and oxygen atoms in total. The number of aromatic nitrogens is 2. The number of hydrogen-bond donors (Lipinski definition) is 2. The maximum absolute atomic E-state index is 10.6. The van der Waals surface area contributed by atoms with E-state index in [0.717, 1.165) is 11.8 Å². The first-order valence-corrected chi connectivity index (χ1v) is 5.01. The van der Waals surface area contributed by atoms with E-state index >= 15 is 0 Å². The van der Waals surface area contributed by atoms with Gasteiger partial charge in [0.2, 0.25) is 0 Å². The molecular formula is C8H10N2O4S. The second kappa shape index (κ2) is 4.83. The number of carbonyl (C=O) groups is 2. The normalized spacial score (nSPS) is 12.3. The molecule has 0 aliphatic rings. The topological polar surface area (TPSA) is 92.4 Å². The number of hydrogen-bond acceptors (Lipinski definition) is 4. The molecule has 1 aromatic rings. The maximum atomic E-state index is 10.6. The van der Waals surface area contributed by atoms with E-state index in [4.69, 9.17) is 10.2 Å². The fraction of sp³-hybridized carbons (Fsp3) is 0.375. The van der Waals surface area contributed by atoms with Gasteiger partial charge in [0.15, 0.2) is 5.16 Å². The highest BCUT2D eigenvalue weighted by molar-refractivity contribution is 8.00. The van der Waals surface area contributed by atoms with Crippen molar-refractivity contribution in [3.63, 3.8) is 0 Å². The van der Waals surface area contributed by atoms with E-state index in [9.17, 15) is 9.59 Å². The van der Waals surface area contributed by atoms with Crippen molar-refractivity contribution in [1.29, 1.82) is 0 Å². The third kappa shape index (κ3) is 3.28. The molecule has 0 saturated carbocycles. The first-order chi connectivity index (χ1) is 7.00. The Morgan fingerprint density at radius 3 is 2.80 bits per heavy atom. The van der Waals surface area contributed by atoms with Gasteiger partial charge in [-0.1, -0.05) is 11.8 Å². The molecule has 1 atom stereocenters. The van der Waals surface area contributed by atoms with E-state index < -0.39 is 17.2 Å². The Kier molecular flexibility index (Phi) is 3.73. The zero-order valence-electron chi connectivity index (χ0n) is 7.95. The lowest BCUT2D eigenvalue weighted by Gasteiger charge is -2.06. The van der Waals surface area contributed by atoms with E-state index in [-0.39, 0.29) is 6.54 Å². The number of carboxylic acids is 2. The number of nitrogens with zero attached hydrogens (tertiary/aromatic N) is 2. The van der Waals surface area contributed by atoms with Gasteiger partial charge in [-0.3, -0.25) is 9.59 Å². The summed E-state index contributed by atoms with van der Waals surface area (Å²) in [6.45, 7) is 1.31. The second-order valence-electron chi connectivity index (χ2n) is 2.83. The highest BCUT2D eigenvalue weighted by Crippen LogP contribution is 2.21. The minimum absolute atomic E-state index is 0.214. The number of rotatable bonds is 5. The van der Waals surface area contributed by atoms with E-state index in [0.29, 0.717) is 5.16 Å². The van der Waals surface area contributed by atoms with Crippen molar-refractivity contribution < 1.29 is 19.8 Å². The summed E-state index contributed by atoms with van der Waals surface area (Å²) in [5.41, 5.74) is 0. The van der Waals surface area contributed by atoms with Crippen molar-refractivity contribution in [1.82, 2.24) is 9.55 Å². The predicted octanol–water partition coefficient (Wildman–Crippen LogP) is 0.533. The van der Waals surface area contributed by atoms with E-state index in [2.05, 4.69) is 4.98 Å². The van der Waals surface area contributed by atoms with Gasteiger partial charge in [0.1, 0.15) is 11.8 Å². The molecule has 0 amide bonds. The molecule has 82 valence electrons. The third-order valence-corrected chi connectivity index (χ3v) is 2.72. The molecule has 0 bridgehead atoms. The monoisotopic (exact) mass is 230 g/mol. The molecule has 1 aromatic heterocycles. The Morgan fingerprint density at radius 1 is 1.60 bits per heavy atom. The van der Waals surface area contributed by atoms with Gasteiger partial charge in [-0.05, 0) is 6.92 Å². The molecule has 1 unspecified atom stereocenters. The summed E-state index contributed by atoms with van der Waals surface area (Å²) >= 11 is 1.02. The van der Waals surface area contributed by atoms with Crippen LogP contribution in [0.1, 0.15) is 6.92 Å². The number of aliphatic carboxylic acids is 2. The molecule has 15 heavy (non-hydrogen) atoms. The molecule has 2 N–H and O–H groups in total. The highest BCUT2D eigenvalue weighted by atomic mass is 32.2. The molecule has 1 rings (SSSR count). The van der Waals surface area contributed by atoms with Crippen molar-refractivity contribution >= 4 is 23.7 Å². The van der Waals surface area contributed by atoms with Crippen LogP contribution in [0.25, 0.3) is 0 Å². The van der Waals surface area contributed by atoms with E-state index in [1.54, 1.807) is 0 Å². The molecule has 0 aromatic carbocycles. The Morgan fingerprint density at radius 2 is 2.27 bits per heavy atom. The predicted molar refractivity (Wildman–Crippen MR) is 52.8 cm³/mol. The fourth-order valence-corrected chi connectivity index (χ4v) is 1.69. The largest absolute Gasteiger partial charge is 0.480 e. The van der Waals surface area contributed by atoms with Crippen LogP contribution >= 0.6 is 11.8 Å². The summed E-state index contributed by atoms with van der Waals surface area (Å²) in [5, 5.41) is 17.0. The van der Waals surface area contributed by atoms with Gasteiger partial charge in [-0.25, -0.2) is 4.98 Å². The van der Waals surface area contributed by atoms with Crippen LogP contribution in [0.5, 0.6) is 0 Å². The van der Waals surface area contributed by atoms with Crippen LogP contribution in [0, 0.1) is 0 Å². The summed E-state index contributed by atoms with van der Waals surface area (Å²) in [7, 11) is 0. The molecular weight excluding hydrogens is 220 g/mol. The zero-order valence-corrected chi connectivity index (χ0v) is 8.77. The van der Waals surface area contributed by atoms with Gasteiger partial charge in [0.05, 0.1) is 0 Å². The molecule has 0 radical (unpaired) electrons. The van der Waals surface area contributed by atoms with Gasteiger partial charge < -0.3 is 14.8 Å². The van der Waals surface area contributed by atoms with Crippen LogP contribution in [-0.4, -0.2) is 37.0 Å². The molecule has 0 aliphatic carbocycles. The van der Waals surface area contributed by atoms with Crippen molar-refractivity contribution in [2.45, 2.75) is 23.9 Å². The molecule has 0 fully saturated rings. The number of imidazole rings is 1. The van der Waals surface area contributed by atoms with Crippen LogP contribution in [0.2, 0.25) is 0 Å². The van der Waals surface area contributed by atoms with Crippen LogP contribution in [0.15, 0.2) is 17.6 Å². The first kappa shape index (κ1) is 11.6. The highest BCUT2D eigenvalue weighted by Gasteiger charge is 2.16. The van der Waals surface area contributed by atoms with Crippen molar-refractivity contribution in [2.75, 3.05) is 0 Å². The Hall–Kier alpha value is -1.50. The third-order valence-electron chi connectivity index (χ3n) is 1.61. The fourth-order valence-electron chi connectivity index (χ4n) is 0.888. The van der Waals surface area contributed by atoms with Gasteiger partial charge in [0.25, 0.3) is 0 Å². The standard InChI is InChI=1S/C8H10N2O4S/c1-5(7(13)14)15-8-9-2-3-10(8)4-6(11)12/h2-3,5H,4H2,1H3,(H,11,12)(H,13,14). The second-order valence-corrected chi connectivity index (χ2v) is 4.14.